The van der Waals surface area contributed by atoms with Gasteiger partial charge in [-0.3, -0.25) is 10.3 Å². The number of nitrogens with one attached hydrogen (secondary N) is 2. The predicted molar refractivity (Wildman–Crippen MR) is 131 cm³/mol. The van der Waals surface area contributed by atoms with Crippen LogP contribution in [0.1, 0.15) is 43.9 Å². The highest BCUT2D eigenvalue weighted by atomic mass is 16.3. The molecule has 1 atom stereocenters. The zero-order valence-corrected chi connectivity index (χ0v) is 18.8. The second kappa shape index (κ2) is 10.1. The van der Waals surface area contributed by atoms with Gasteiger partial charge in [0, 0.05) is 47.6 Å². The molecule has 0 unspecified atom stereocenters. The Balaban J connectivity index is 1.74. The molecule has 5 heteroatoms. The minimum Gasteiger partial charge on any atom is -0.505 e. The highest BCUT2D eigenvalue weighted by molar-refractivity contribution is 5.86. The summed E-state index contributed by atoms with van der Waals surface area (Å²) in [5.41, 5.74) is 3.71. The molecule has 0 aliphatic heterocycles. The highest BCUT2D eigenvalue weighted by Crippen LogP contribution is 2.36. The lowest BCUT2D eigenvalue weighted by Crippen LogP contribution is -2.25. The van der Waals surface area contributed by atoms with Gasteiger partial charge in [0.05, 0.1) is 6.20 Å². The first-order valence-corrected chi connectivity index (χ1v) is 11.4. The topological polar surface area (TPSA) is 62.5 Å². The zero-order valence-electron chi connectivity index (χ0n) is 18.8. The van der Waals surface area contributed by atoms with Gasteiger partial charge < -0.3 is 10.0 Å². The van der Waals surface area contributed by atoms with Gasteiger partial charge in [-0.2, -0.15) is 0 Å². The van der Waals surface area contributed by atoms with E-state index in [4.69, 9.17) is 0 Å². The number of pyridine rings is 2. The number of hydrogen-bond acceptors (Lipinski definition) is 4. The van der Waals surface area contributed by atoms with Crippen LogP contribution in [0, 0.1) is 0 Å². The molecule has 0 saturated carbocycles. The molecular weight excluding hydrogens is 396 g/mol. The summed E-state index contributed by atoms with van der Waals surface area (Å²) in [5.74, 6) is 1.08. The van der Waals surface area contributed by atoms with Gasteiger partial charge in [-0.05, 0) is 43.2 Å². The molecule has 4 aromatic rings. The third kappa shape index (κ3) is 4.67. The summed E-state index contributed by atoms with van der Waals surface area (Å²) in [6.45, 7) is 6.52. The van der Waals surface area contributed by atoms with E-state index in [-0.39, 0.29) is 11.8 Å². The third-order valence-corrected chi connectivity index (χ3v) is 5.68. The van der Waals surface area contributed by atoms with Crippen LogP contribution in [0.4, 0.5) is 11.5 Å². The number of nitrogens with zero attached hydrogens (tertiary/aromatic N) is 2. The molecule has 0 saturated heterocycles. The van der Waals surface area contributed by atoms with Crippen LogP contribution >= 0.6 is 0 Å². The number of aromatic amines is 1. The first kappa shape index (κ1) is 21.6. The first-order chi connectivity index (χ1) is 15.7. The monoisotopic (exact) mass is 427 g/mol. The molecule has 5 nitrogen and oxygen atoms in total. The van der Waals surface area contributed by atoms with E-state index in [0.717, 1.165) is 48.3 Å². The summed E-state index contributed by atoms with van der Waals surface area (Å²) >= 11 is 0. The van der Waals surface area contributed by atoms with E-state index in [9.17, 15) is 5.11 Å². The Bertz CT molecular complexity index is 1140. The molecule has 0 aliphatic carbocycles. The number of rotatable bonds is 9. The van der Waals surface area contributed by atoms with Crippen molar-refractivity contribution in [3.05, 3.63) is 90.3 Å². The summed E-state index contributed by atoms with van der Waals surface area (Å²) in [6, 6.07) is 22.2. The summed E-state index contributed by atoms with van der Waals surface area (Å²) in [7, 11) is 0. The number of benzene rings is 2. The number of H-pyrrole nitrogens is 1. The van der Waals surface area contributed by atoms with E-state index < -0.39 is 0 Å². The molecule has 4 rings (SSSR count). The largest absolute Gasteiger partial charge is 0.505 e. The molecule has 0 bridgehead atoms. The predicted octanol–water partition coefficient (Wildman–Crippen LogP) is 5.58. The normalized spacial score (nSPS) is 11.9. The van der Waals surface area contributed by atoms with Crippen molar-refractivity contribution in [2.45, 2.75) is 32.7 Å². The van der Waals surface area contributed by atoms with Crippen LogP contribution in [-0.4, -0.2) is 23.2 Å². The molecular formula is C27H31N4O+. The molecule has 2 aromatic carbocycles. The maximum absolute atomic E-state index is 11.1. The zero-order chi connectivity index (χ0) is 22.3. The average molecular weight is 428 g/mol. The minimum atomic E-state index is -0.236. The van der Waals surface area contributed by atoms with Gasteiger partial charge in [0.2, 0.25) is 0 Å². The van der Waals surface area contributed by atoms with Crippen LogP contribution in [0.2, 0.25) is 0 Å². The first-order valence-electron chi connectivity index (χ1n) is 11.4. The van der Waals surface area contributed by atoms with Crippen molar-refractivity contribution in [3.63, 3.8) is 0 Å². The van der Waals surface area contributed by atoms with Crippen molar-refractivity contribution in [3.8, 4) is 5.75 Å². The lowest BCUT2D eigenvalue weighted by atomic mass is 9.96. The Labute approximate surface area is 189 Å². The molecule has 2 heterocycles. The lowest BCUT2D eigenvalue weighted by molar-refractivity contribution is -0.361. The van der Waals surface area contributed by atoms with E-state index in [0.29, 0.717) is 5.52 Å². The van der Waals surface area contributed by atoms with E-state index in [1.54, 1.807) is 6.20 Å². The number of anilines is 2. The van der Waals surface area contributed by atoms with Crippen molar-refractivity contribution in [2.75, 3.05) is 23.3 Å². The quantitative estimate of drug-likeness (QED) is 0.366. The molecule has 164 valence electrons. The van der Waals surface area contributed by atoms with Crippen molar-refractivity contribution in [1.29, 1.82) is 0 Å². The Morgan fingerprint density at radius 2 is 1.72 bits per heavy atom. The number of fused-ring (bicyclic) bond motifs is 1. The van der Waals surface area contributed by atoms with Crippen LogP contribution in [0.5, 0.6) is 5.75 Å². The van der Waals surface area contributed by atoms with Crippen LogP contribution < -0.4 is 15.2 Å². The molecule has 0 spiro atoms. The summed E-state index contributed by atoms with van der Waals surface area (Å²) < 4.78 is 0. The van der Waals surface area contributed by atoms with Crippen molar-refractivity contribution in [1.82, 2.24) is 4.98 Å². The summed E-state index contributed by atoms with van der Waals surface area (Å²) in [6.07, 6.45) is 5.84. The van der Waals surface area contributed by atoms with E-state index in [2.05, 4.69) is 58.3 Å². The molecule has 0 aliphatic rings. The molecule has 0 radical (unpaired) electrons. The smallest absolute Gasteiger partial charge is 0.272 e. The maximum Gasteiger partial charge on any atom is 0.272 e. The molecule has 0 amide bonds. The van der Waals surface area contributed by atoms with Gasteiger partial charge in [-0.15, -0.1) is 0 Å². The van der Waals surface area contributed by atoms with Gasteiger partial charge in [0.25, 0.3) is 5.82 Å². The second-order valence-electron chi connectivity index (χ2n) is 8.01. The Kier molecular flexibility index (Phi) is 6.85. The van der Waals surface area contributed by atoms with Gasteiger partial charge in [-0.25, -0.2) is 4.98 Å². The van der Waals surface area contributed by atoms with Crippen molar-refractivity contribution in [2.24, 2.45) is 0 Å². The van der Waals surface area contributed by atoms with Crippen LogP contribution in [0.25, 0.3) is 10.9 Å². The fourth-order valence-electron chi connectivity index (χ4n) is 4.14. The van der Waals surface area contributed by atoms with Crippen LogP contribution in [-0.2, 0) is 0 Å². The Morgan fingerprint density at radius 1 is 0.938 bits per heavy atom. The number of aromatic nitrogens is 2. The van der Waals surface area contributed by atoms with Crippen LogP contribution in [0.15, 0.2) is 79.1 Å². The average Bonchev–Trinajstić information content (AvgIpc) is 2.84. The number of phenols is 1. The SMILES string of the molecule is CCCN(CCC)c1ccc([C@@H](Nc2cccc[nH+]2)c2ccc3cccnc3c2O)cc1. The van der Waals surface area contributed by atoms with E-state index in [1.165, 1.54) is 5.69 Å². The van der Waals surface area contributed by atoms with Crippen molar-refractivity contribution < 1.29 is 10.1 Å². The van der Waals surface area contributed by atoms with Gasteiger partial charge in [-0.1, -0.05) is 44.2 Å². The van der Waals surface area contributed by atoms with Gasteiger partial charge in [0.1, 0.15) is 17.3 Å². The third-order valence-electron chi connectivity index (χ3n) is 5.68. The molecule has 3 N–H and O–H groups in total. The second-order valence-corrected chi connectivity index (χ2v) is 8.01. The van der Waals surface area contributed by atoms with E-state index >= 15 is 0 Å². The van der Waals surface area contributed by atoms with Crippen LogP contribution in [0.3, 0.4) is 0 Å². The fraction of sp³-hybridized carbons (Fsp3) is 0.259. The molecule has 0 fully saturated rings. The van der Waals surface area contributed by atoms with Gasteiger partial charge >= 0.3 is 0 Å². The Morgan fingerprint density at radius 3 is 2.41 bits per heavy atom. The lowest BCUT2D eigenvalue weighted by Gasteiger charge is -2.24. The summed E-state index contributed by atoms with van der Waals surface area (Å²) in [4.78, 5) is 10.1. The van der Waals surface area contributed by atoms with Gasteiger partial charge in [0.15, 0.2) is 0 Å². The fourth-order valence-corrected chi connectivity index (χ4v) is 4.14. The molecule has 32 heavy (non-hydrogen) atoms. The van der Waals surface area contributed by atoms with Crippen molar-refractivity contribution >= 4 is 22.4 Å². The standard InChI is InChI=1S/C27H30N4O/c1-3-18-31(19-4-2)22-13-10-21(11-14-22)25(30-24-9-5-6-16-28-24)23-15-12-20-8-7-17-29-26(20)27(23)32/h5-17,25,32H,3-4,18-19H2,1-2H3,(H,28,30)/p+1/t25-/m1/s1. The minimum absolute atomic E-state index is 0.208. The number of hydrogen-bond donors (Lipinski definition) is 2. The maximum atomic E-state index is 11.1. The van der Waals surface area contributed by atoms with E-state index in [1.807, 2.05) is 48.7 Å². The molecule has 2 aromatic heterocycles. The number of phenolic OH excluding ortho intramolecular Hbond substituents is 1. The Hall–Kier alpha value is -3.60. The number of aromatic hydroxyl groups is 1. The highest BCUT2D eigenvalue weighted by Gasteiger charge is 2.24. The summed E-state index contributed by atoms with van der Waals surface area (Å²) in [5, 5.41) is 15.6.